The molecule has 0 aromatic carbocycles. The van der Waals surface area contributed by atoms with Crippen LogP contribution < -0.4 is 5.32 Å². The first-order valence-electron chi connectivity index (χ1n) is 4.15. The van der Waals surface area contributed by atoms with Gasteiger partial charge in [0.2, 0.25) is 0 Å². The van der Waals surface area contributed by atoms with Crippen LogP contribution in [-0.2, 0) is 6.42 Å². The van der Waals surface area contributed by atoms with Crippen molar-refractivity contribution in [1.82, 2.24) is 10.3 Å². The van der Waals surface area contributed by atoms with Crippen LogP contribution in [0.1, 0.15) is 24.1 Å². The highest BCUT2D eigenvalue weighted by atomic mass is 35.5. The maximum absolute atomic E-state index is 5.97. The van der Waals surface area contributed by atoms with Crippen LogP contribution in [0.5, 0.6) is 0 Å². The molecule has 1 atom stereocenters. The number of halogens is 1. The van der Waals surface area contributed by atoms with E-state index in [2.05, 4.69) is 17.2 Å². The van der Waals surface area contributed by atoms with Crippen molar-refractivity contribution in [2.75, 3.05) is 6.54 Å². The summed E-state index contributed by atoms with van der Waals surface area (Å²) in [6.07, 6.45) is 2.76. The van der Waals surface area contributed by atoms with Crippen LogP contribution in [0.4, 0.5) is 0 Å². The van der Waals surface area contributed by atoms with Crippen LogP contribution in [-0.4, -0.2) is 11.5 Å². The summed E-state index contributed by atoms with van der Waals surface area (Å²) in [5.41, 5.74) is 2.51. The summed E-state index contributed by atoms with van der Waals surface area (Å²) < 4.78 is 0. The zero-order valence-electron chi connectivity index (χ0n) is 6.97. The van der Waals surface area contributed by atoms with Crippen molar-refractivity contribution < 1.29 is 0 Å². The van der Waals surface area contributed by atoms with Crippen LogP contribution in [0.2, 0.25) is 5.15 Å². The molecule has 1 aromatic rings. The van der Waals surface area contributed by atoms with E-state index in [4.69, 9.17) is 11.6 Å². The maximum Gasteiger partial charge on any atom is 0.132 e. The van der Waals surface area contributed by atoms with E-state index in [1.165, 1.54) is 11.1 Å². The summed E-state index contributed by atoms with van der Waals surface area (Å²) in [4.78, 5) is 4.06. The van der Waals surface area contributed by atoms with Crippen LogP contribution in [0.25, 0.3) is 0 Å². The fourth-order valence-corrected chi connectivity index (χ4v) is 1.92. The number of nitrogens with zero attached hydrogens (tertiary/aromatic N) is 1. The zero-order valence-corrected chi connectivity index (χ0v) is 7.73. The second-order valence-electron chi connectivity index (χ2n) is 3.10. The minimum Gasteiger partial charge on any atom is -0.310 e. The lowest BCUT2D eigenvalue weighted by atomic mass is 9.98. The fraction of sp³-hybridized carbons (Fsp3) is 0.444. The third-order valence-electron chi connectivity index (χ3n) is 2.33. The third kappa shape index (κ3) is 1.21. The monoisotopic (exact) mass is 182 g/mol. The van der Waals surface area contributed by atoms with Gasteiger partial charge in [-0.15, -0.1) is 0 Å². The van der Waals surface area contributed by atoms with Gasteiger partial charge in [0, 0.05) is 12.2 Å². The molecule has 1 aromatic heterocycles. The van der Waals surface area contributed by atoms with Gasteiger partial charge in [-0.05, 0) is 37.1 Å². The predicted octanol–water partition coefficient (Wildman–Crippen LogP) is 1.94. The summed E-state index contributed by atoms with van der Waals surface area (Å²) >= 11 is 5.97. The van der Waals surface area contributed by atoms with E-state index in [0.29, 0.717) is 11.2 Å². The highest BCUT2D eigenvalue weighted by molar-refractivity contribution is 6.30. The van der Waals surface area contributed by atoms with Gasteiger partial charge < -0.3 is 5.32 Å². The Kier molecular flexibility index (Phi) is 2.03. The first kappa shape index (κ1) is 8.02. The number of aromatic nitrogens is 1. The van der Waals surface area contributed by atoms with E-state index in [0.717, 1.165) is 13.0 Å². The van der Waals surface area contributed by atoms with Crippen molar-refractivity contribution in [3.8, 4) is 0 Å². The Balaban J connectivity index is 2.52. The molecule has 12 heavy (non-hydrogen) atoms. The maximum atomic E-state index is 5.97. The minimum atomic E-state index is 0.411. The predicted molar refractivity (Wildman–Crippen MR) is 49.4 cm³/mol. The second kappa shape index (κ2) is 3.04. The van der Waals surface area contributed by atoms with E-state index in [1.807, 2.05) is 6.07 Å². The van der Waals surface area contributed by atoms with Gasteiger partial charge in [0.05, 0.1) is 0 Å². The molecule has 1 unspecified atom stereocenters. The van der Waals surface area contributed by atoms with E-state index >= 15 is 0 Å². The van der Waals surface area contributed by atoms with Crippen molar-refractivity contribution in [2.24, 2.45) is 0 Å². The third-order valence-corrected chi connectivity index (χ3v) is 2.66. The van der Waals surface area contributed by atoms with Crippen LogP contribution in [0.3, 0.4) is 0 Å². The van der Waals surface area contributed by atoms with Gasteiger partial charge in [0.25, 0.3) is 0 Å². The number of pyridine rings is 1. The van der Waals surface area contributed by atoms with Crippen molar-refractivity contribution in [3.05, 3.63) is 28.5 Å². The SMILES string of the molecule is CC1NCCc2c1ccnc2Cl. The molecular formula is C9H11ClN2. The Hall–Kier alpha value is -0.600. The highest BCUT2D eigenvalue weighted by Gasteiger charge is 2.17. The number of hydrogen-bond acceptors (Lipinski definition) is 2. The smallest absolute Gasteiger partial charge is 0.132 e. The van der Waals surface area contributed by atoms with Crippen molar-refractivity contribution in [3.63, 3.8) is 0 Å². The lowest BCUT2D eigenvalue weighted by Gasteiger charge is -2.23. The Morgan fingerprint density at radius 2 is 2.50 bits per heavy atom. The zero-order chi connectivity index (χ0) is 8.55. The average molecular weight is 183 g/mol. The summed E-state index contributed by atoms with van der Waals surface area (Å²) in [5.74, 6) is 0. The lowest BCUT2D eigenvalue weighted by molar-refractivity contribution is 0.539. The first-order chi connectivity index (χ1) is 5.79. The van der Waals surface area contributed by atoms with Crippen LogP contribution >= 0.6 is 11.6 Å². The molecule has 0 saturated heterocycles. The van der Waals surface area contributed by atoms with Crippen LogP contribution in [0.15, 0.2) is 12.3 Å². The molecule has 0 spiro atoms. The molecule has 0 saturated carbocycles. The van der Waals surface area contributed by atoms with Crippen molar-refractivity contribution >= 4 is 11.6 Å². The fourth-order valence-electron chi connectivity index (χ4n) is 1.66. The molecule has 0 amide bonds. The molecule has 0 radical (unpaired) electrons. The Labute approximate surface area is 77.0 Å². The number of hydrogen-bond donors (Lipinski definition) is 1. The van der Waals surface area contributed by atoms with Gasteiger partial charge in [-0.1, -0.05) is 11.6 Å². The van der Waals surface area contributed by atoms with Gasteiger partial charge in [-0.3, -0.25) is 0 Å². The summed E-state index contributed by atoms with van der Waals surface area (Å²) in [7, 11) is 0. The van der Waals surface area contributed by atoms with E-state index in [1.54, 1.807) is 6.20 Å². The van der Waals surface area contributed by atoms with Crippen molar-refractivity contribution in [2.45, 2.75) is 19.4 Å². The molecule has 0 fully saturated rings. The number of nitrogens with one attached hydrogen (secondary N) is 1. The molecule has 0 aliphatic carbocycles. The lowest BCUT2D eigenvalue weighted by Crippen LogP contribution is -2.28. The second-order valence-corrected chi connectivity index (χ2v) is 3.45. The summed E-state index contributed by atoms with van der Waals surface area (Å²) in [6.45, 7) is 3.15. The molecule has 1 N–H and O–H groups in total. The molecule has 1 aliphatic rings. The quantitative estimate of drug-likeness (QED) is 0.621. The molecular weight excluding hydrogens is 172 g/mol. The van der Waals surface area contributed by atoms with Gasteiger partial charge in [0.1, 0.15) is 5.15 Å². The summed E-state index contributed by atoms with van der Waals surface area (Å²) in [6, 6.07) is 2.45. The Bertz CT molecular complexity index is 299. The largest absolute Gasteiger partial charge is 0.310 e. The van der Waals surface area contributed by atoms with Crippen molar-refractivity contribution in [1.29, 1.82) is 0 Å². The minimum absolute atomic E-state index is 0.411. The average Bonchev–Trinajstić information content (AvgIpc) is 2.07. The first-order valence-corrected chi connectivity index (χ1v) is 4.53. The Morgan fingerprint density at radius 3 is 3.25 bits per heavy atom. The van der Waals surface area contributed by atoms with E-state index < -0.39 is 0 Å². The van der Waals surface area contributed by atoms with Gasteiger partial charge in [-0.2, -0.15) is 0 Å². The van der Waals surface area contributed by atoms with E-state index in [9.17, 15) is 0 Å². The molecule has 64 valence electrons. The Morgan fingerprint density at radius 1 is 1.67 bits per heavy atom. The molecule has 2 heterocycles. The van der Waals surface area contributed by atoms with Gasteiger partial charge in [-0.25, -0.2) is 4.98 Å². The topological polar surface area (TPSA) is 24.9 Å². The number of rotatable bonds is 0. The summed E-state index contributed by atoms with van der Waals surface area (Å²) in [5, 5.41) is 4.05. The molecule has 1 aliphatic heterocycles. The number of fused-ring (bicyclic) bond motifs is 1. The molecule has 2 rings (SSSR count). The van der Waals surface area contributed by atoms with Gasteiger partial charge in [0.15, 0.2) is 0 Å². The van der Waals surface area contributed by atoms with E-state index in [-0.39, 0.29) is 0 Å². The molecule has 0 bridgehead atoms. The molecule has 2 nitrogen and oxygen atoms in total. The van der Waals surface area contributed by atoms with Gasteiger partial charge >= 0.3 is 0 Å². The standard InChI is InChI=1S/C9H11ClN2/c1-6-7-2-5-12-9(10)8(7)3-4-11-6/h2,5-6,11H,3-4H2,1H3. The normalized spacial score (nSPS) is 22.0. The van der Waals surface area contributed by atoms with Crippen LogP contribution in [0, 0.1) is 0 Å². The highest BCUT2D eigenvalue weighted by Crippen LogP contribution is 2.26. The molecule has 3 heteroatoms.